The molecule has 4 aromatic carbocycles. The molecule has 0 saturated heterocycles. The number of nitrogens with zero attached hydrogens (tertiary/aromatic N) is 9. The molecule has 0 spiro atoms. The fourth-order valence-electron chi connectivity index (χ4n) is 4.77. The fourth-order valence-corrected chi connectivity index (χ4v) is 7.84. The molecule has 0 amide bonds. The SMILES string of the molecule is CSc1nnc(-c2c(F)cccc2CS(=O)(=O)c2ccc(C)cc2)nn1.CSc1nnc(-c2c(F)cccc2N(C)S(=O)(=O)c2ccc(C)cc2)nn1. The van der Waals surface area contributed by atoms with E-state index in [1.54, 1.807) is 36.8 Å². The van der Waals surface area contributed by atoms with Crippen LogP contribution in [0.3, 0.4) is 0 Å². The number of anilines is 1. The lowest BCUT2D eigenvalue weighted by atomic mass is 10.1. The molecule has 0 bridgehead atoms. The molecule has 0 radical (unpaired) electrons. The minimum atomic E-state index is -3.90. The van der Waals surface area contributed by atoms with E-state index in [2.05, 4.69) is 40.8 Å². The zero-order valence-corrected chi connectivity index (χ0v) is 32.1. The van der Waals surface area contributed by atoms with E-state index in [-0.39, 0.29) is 49.6 Å². The van der Waals surface area contributed by atoms with Crippen molar-refractivity contribution in [3.63, 3.8) is 0 Å². The average Bonchev–Trinajstić information content (AvgIpc) is 3.15. The second-order valence-corrected chi connectivity index (χ2v) is 16.7. The first-order valence-electron chi connectivity index (χ1n) is 15.4. The summed E-state index contributed by atoms with van der Waals surface area (Å²) in [5, 5.41) is 31.6. The quantitative estimate of drug-likeness (QED) is 0.148. The molecule has 274 valence electrons. The van der Waals surface area contributed by atoms with Crippen molar-refractivity contribution in [1.82, 2.24) is 40.8 Å². The van der Waals surface area contributed by atoms with Crippen LogP contribution in [0, 0.1) is 25.5 Å². The van der Waals surface area contributed by atoms with E-state index in [1.165, 1.54) is 91.2 Å². The Morgan fingerprint density at radius 2 is 1.02 bits per heavy atom. The molecule has 19 heteroatoms. The summed E-state index contributed by atoms with van der Waals surface area (Å²) in [6.45, 7) is 3.73. The third-order valence-electron chi connectivity index (χ3n) is 7.57. The highest BCUT2D eigenvalue weighted by atomic mass is 32.2. The van der Waals surface area contributed by atoms with Crippen molar-refractivity contribution < 1.29 is 25.6 Å². The predicted molar refractivity (Wildman–Crippen MR) is 198 cm³/mol. The standard InChI is InChI=1S/C17H16FN5O2S2.C17H15FN4O2S2/c1-11-7-9-12(10-8-11)27(24,25)23(2)14-6-4-5-13(18)15(14)16-19-21-17(26-3)22-20-16;1-11-6-8-13(9-7-11)26(23,24)10-12-4-3-5-14(18)15(12)16-19-21-17(25-2)22-20-16/h4-10H,1-3H3;3-9H,10H2,1-2H3. The molecule has 0 aliphatic heterocycles. The van der Waals surface area contributed by atoms with Crippen molar-refractivity contribution >= 4 is 49.1 Å². The largest absolute Gasteiger partial charge is 0.269 e. The van der Waals surface area contributed by atoms with Crippen molar-refractivity contribution in [3.8, 4) is 22.8 Å². The van der Waals surface area contributed by atoms with Gasteiger partial charge in [0.25, 0.3) is 10.0 Å². The van der Waals surface area contributed by atoms with Gasteiger partial charge in [0.2, 0.25) is 22.0 Å². The number of hydrogen-bond donors (Lipinski definition) is 0. The number of sulfonamides is 1. The third-order valence-corrected chi connectivity index (χ3v) is 12.1. The molecule has 0 saturated carbocycles. The number of aryl methyl sites for hydroxylation is 2. The Kier molecular flexibility index (Phi) is 12.4. The van der Waals surface area contributed by atoms with Crippen LogP contribution in [0.2, 0.25) is 0 Å². The first-order chi connectivity index (χ1) is 25.2. The van der Waals surface area contributed by atoms with E-state index in [4.69, 9.17) is 0 Å². The van der Waals surface area contributed by atoms with Gasteiger partial charge in [-0.3, -0.25) is 4.31 Å². The summed E-state index contributed by atoms with van der Waals surface area (Å²) < 4.78 is 81.3. The average molecular weight is 796 g/mol. The lowest BCUT2D eigenvalue weighted by Crippen LogP contribution is -2.27. The van der Waals surface area contributed by atoms with Gasteiger partial charge in [0, 0.05) is 7.05 Å². The maximum atomic E-state index is 14.6. The number of benzene rings is 4. The summed E-state index contributed by atoms with van der Waals surface area (Å²) in [4.78, 5) is 0.272. The monoisotopic (exact) mass is 795 g/mol. The van der Waals surface area contributed by atoms with Crippen molar-refractivity contribution in [3.05, 3.63) is 113 Å². The van der Waals surface area contributed by atoms with Crippen LogP contribution in [0.15, 0.2) is 105 Å². The number of rotatable bonds is 10. The maximum absolute atomic E-state index is 14.6. The lowest BCUT2D eigenvalue weighted by molar-refractivity contribution is 0.592. The van der Waals surface area contributed by atoms with Crippen molar-refractivity contribution in [2.45, 2.75) is 39.7 Å². The van der Waals surface area contributed by atoms with Gasteiger partial charge >= 0.3 is 0 Å². The molecule has 6 rings (SSSR count). The van der Waals surface area contributed by atoms with E-state index in [1.807, 2.05) is 13.8 Å². The molecule has 0 unspecified atom stereocenters. The molecule has 0 aliphatic rings. The number of sulfone groups is 1. The summed E-state index contributed by atoms with van der Waals surface area (Å²) >= 11 is 2.50. The Morgan fingerprint density at radius 1 is 0.585 bits per heavy atom. The van der Waals surface area contributed by atoms with Gasteiger partial charge in [-0.15, -0.1) is 40.8 Å². The first kappa shape index (κ1) is 39.2. The lowest BCUT2D eigenvalue weighted by Gasteiger charge is -2.22. The van der Waals surface area contributed by atoms with E-state index < -0.39 is 31.5 Å². The van der Waals surface area contributed by atoms with E-state index in [0.29, 0.717) is 10.3 Å². The van der Waals surface area contributed by atoms with Crippen LogP contribution in [0.25, 0.3) is 22.8 Å². The van der Waals surface area contributed by atoms with Crippen LogP contribution in [0.4, 0.5) is 14.5 Å². The zero-order valence-electron chi connectivity index (χ0n) is 28.8. The van der Waals surface area contributed by atoms with Gasteiger partial charge in [0.05, 0.1) is 32.4 Å². The van der Waals surface area contributed by atoms with Crippen molar-refractivity contribution in [2.75, 3.05) is 23.9 Å². The van der Waals surface area contributed by atoms with Gasteiger partial charge in [-0.25, -0.2) is 25.6 Å². The Hall–Kier alpha value is -4.98. The minimum absolute atomic E-state index is 0.00385. The second kappa shape index (κ2) is 16.8. The molecule has 2 aromatic heterocycles. The van der Waals surface area contributed by atoms with Gasteiger partial charge in [0.1, 0.15) is 11.6 Å². The van der Waals surface area contributed by atoms with Crippen LogP contribution in [-0.4, -0.2) is 77.2 Å². The van der Waals surface area contributed by atoms with Crippen LogP contribution < -0.4 is 4.31 Å². The van der Waals surface area contributed by atoms with E-state index in [0.717, 1.165) is 15.4 Å². The zero-order chi connectivity index (χ0) is 38.3. The minimum Gasteiger partial charge on any atom is -0.269 e. The van der Waals surface area contributed by atoms with Crippen molar-refractivity contribution in [2.24, 2.45) is 0 Å². The highest BCUT2D eigenvalue weighted by Crippen LogP contribution is 2.33. The number of thioether (sulfide) groups is 2. The summed E-state index contributed by atoms with van der Waals surface area (Å²) in [7, 11) is -6.21. The highest BCUT2D eigenvalue weighted by molar-refractivity contribution is 7.98. The van der Waals surface area contributed by atoms with Gasteiger partial charge in [-0.2, -0.15) is 0 Å². The molecule has 0 aliphatic carbocycles. The molecule has 2 heterocycles. The Bertz CT molecular complexity index is 2430. The topological polar surface area (TPSA) is 175 Å². The molecule has 13 nitrogen and oxygen atoms in total. The Labute approximate surface area is 313 Å². The fraction of sp³-hybridized carbons (Fsp3) is 0.176. The smallest absolute Gasteiger partial charge is 0.264 e. The first-order valence-corrected chi connectivity index (χ1v) is 20.9. The summed E-state index contributed by atoms with van der Waals surface area (Å²) in [5.41, 5.74) is 2.15. The van der Waals surface area contributed by atoms with Gasteiger partial charge in [-0.05, 0) is 74.4 Å². The number of hydrogen-bond acceptors (Lipinski definition) is 14. The van der Waals surface area contributed by atoms with Crippen molar-refractivity contribution in [1.29, 1.82) is 0 Å². The summed E-state index contributed by atoms with van der Waals surface area (Å²) in [6, 6.07) is 21.3. The molecule has 53 heavy (non-hydrogen) atoms. The Balaban J connectivity index is 0.000000204. The second-order valence-electron chi connectivity index (χ2n) is 11.2. The molecule has 0 N–H and O–H groups in total. The predicted octanol–water partition coefficient (Wildman–Crippen LogP) is 6.01. The molecular weight excluding hydrogens is 765 g/mol. The van der Waals surface area contributed by atoms with E-state index in [9.17, 15) is 25.6 Å². The number of halogens is 2. The van der Waals surface area contributed by atoms with Crippen LogP contribution >= 0.6 is 23.5 Å². The van der Waals surface area contributed by atoms with Crippen LogP contribution in [-0.2, 0) is 25.6 Å². The normalized spacial score (nSPS) is 11.5. The summed E-state index contributed by atoms with van der Waals surface area (Å²) in [5.74, 6) is -1.81. The van der Waals surface area contributed by atoms with Gasteiger partial charge in [0.15, 0.2) is 9.84 Å². The van der Waals surface area contributed by atoms with Crippen LogP contribution in [0.1, 0.15) is 16.7 Å². The molecule has 0 fully saturated rings. The highest BCUT2D eigenvalue weighted by Gasteiger charge is 2.27. The molecule has 0 atom stereocenters. The molecule has 6 aromatic rings. The molecular formula is C34H31F2N9O4S4. The Morgan fingerprint density at radius 3 is 1.51 bits per heavy atom. The maximum Gasteiger partial charge on any atom is 0.264 e. The third kappa shape index (κ3) is 9.16. The van der Waals surface area contributed by atoms with E-state index >= 15 is 0 Å². The van der Waals surface area contributed by atoms with Gasteiger partial charge < -0.3 is 0 Å². The summed E-state index contributed by atoms with van der Waals surface area (Å²) in [6.07, 6.45) is 3.52. The van der Waals surface area contributed by atoms with Gasteiger partial charge in [-0.1, -0.05) is 77.1 Å². The number of aromatic nitrogens is 8. The van der Waals surface area contributed by atoms with Crippen LogP contribution in [0.5, 0.6) is 0 Å².